The summed E-state index contributed by atoms with van der Waals surface area (Å²) in [5, 5.41) is 18.4. The zero-order valence-corrected chi connectivity index (χ0v) is 16.6. The van der Waals surface area contributed by atoms with Crippen LogP contribution in [0.3, 0.4) is 0 Å². The first kappa shape index (κ1) is 20.5. The van der Waals surface area contributed by atoms with Gasteiger partial charge >= 0.3 is 5.97 Å². The molecule has 0 fully saturated rings. The molecule has 2 heterocycles. The number of fused-ring (bicyclic) bond motifs is 6. The third-order valence-electron chi connectivity index (χ3n) is 5.13. The van der Waals surface area contributed by atoms with Crippen LogP contribution in [0, 0.1) is 17.1 Å². The lowest BCUT2D eigenvalue weighted by Gasteiger charge is -2.15. The Labute approximate surface area is 178 Å². The van der Waals surface area contributed by atoms with Crippen LogP contribution in [0.5, 0.6) is 5.88 Å². The maximum atomic E-state index is 14.5. The summed E-state index contributed by atoms with van der Waals surface area (Å²) in [4.78, 5) is 15.6. The van der Waals surface area contributed by atoms with E-state index in [0.29, 0.717) is 35.3 Å². The van der Waals surface area contributed by atoms with E-state index in [1.165, 1.54) is 12.1 Å². The molecule has 0 amide bonds. The number of pyridine rings is 1. The summed E-state index contributed by atoms with van der Waals surface area (Å²) in [6.45, 7) is 0.778. The van der Waals surface area contributed by atoms with Crippen LogP contribution in [-0.4, -0.2) is 22.7 Å². The largest absolute Gasteiger partial charge is 0.481 e. The predicted molar refractivity (Wildman–Crippen MR) is 110 cm³/mol. The monoisotopic (exact) mass is 418 g/mol. The molecule has 4 rings (SSSR count). The molecule has 156 valence electrons. The van der Waals surface area contributed by atoms with Gasteiger partial charge in [-0.3, -0.25) is 4.79 Å². The van der Waals surface area contributed by atoms with E-state index in [4.69, 9.17) is 9.47 Å². The molecule has 1 N–H and O–H groups in total. The molecule has 31 heavy (non-hydrogen) atoms. The Morgan fingerprint density at radius 1 is 1.10 bits per heavy atom. The van der Waals surface area contributed by atoms with Crippen molar-refractivity contribution in [3.8, 4) is 23.2 Å². The number of hydrogen-bond acceptors (Lipinski definition) is 5. The molecule has 0 unspecified atom stereocenters. The maximum Gasteiger partial charge on any atom is 0.307 e. The average Bonchev–Trinajstić information content (AvgIpc) is 2.76. The van der Waals surface area contributed by atoms with Crippen molar-refractivity contribution >= 4 is 5.97 Å². The fourth-order valence-corrected chi connectivity index (χ4v) is 3.53. The predicted octanol–water partition coefficient (Wildman–Crippen LogP) is 4.04. The van der Waals surface area contributed by atoms with Gasteiger partial charge in [-0.25, -0.2) is 9.37 Å². The van der Waals surface area contributed by atoms with E-state index in [1.54, 1.807) is 30.3 Å². The number of hydrogen-bond donors (Lipinski definition) is 1. The SMILES string of the molecule is N#Cc1ccc2c(c1)CCOCc1cc(ccc1CC(=O)O)-c1nc(ccc1F)OC2. The molecule has 2 aromatic carbocycles. The number of aliphatic carboxylic acids is 1. The molecule has 1 aliphatic rings. The quantitative estimate of drug-likeness (QED) is 0.675. The number of nitrogens with zero attached hydrogens (tertiary/aromatic N) is 2. The lowest BCUT2D eigenvalue weighted by atomic mass is 9.99. The first-order chi connectivity index (χ1) is 15.0. The van der Waals surface area contributed by atoms with E-state index in [2.05, 4.69) is 11.1 Å². The average molecular weight is 418 g/mol. The Kier molecular flexibility index (Phi) is 5.92. The van der Waals surface area contributed by atoms with Gasteiger partial charge in [0.15, 0.2) is 0 Å². The summed E-state index contributed by atoms with van der Waals surface area (Å²) in [5.74, 6) is -1.19. The van der Waals surface area contributed by atoms with Crippen molar-refractivity contribution in [3.05, 3.63) is 82.2 Å². The number of benzene rings is 2. The molecule has 0 spiro atoms. The number of carboxylic acids is 1. The molecule has 0 radical (unpaired) electrons. The van der Waals surface area contributed by atoms with Gasteiger partial charge in [0, 0.05) is 11.6 Å². The topological polar surface area (TPSA) is 92.4 Å². The summed E-state index contributed by atoms with van der Waals surface area (Å²) in [5.41, 5.74) is 4.25. The minimum absolute atomic E-state index is 0.123. The number of nitriles is 1. The van der Waals surface area contributed by atoms with E-state index >= 15 is 0 Å². The minimum Gasteiger partial charge on any atom is -0.481 e. The smallest absolute Gasteiger partial charge is 0.307 e. The fraction of sp³-hybridized carbons (Fsp3) is 0.208. The number of halogens is 1. The Morgan fingerprint density at radius 2 is 1.97 bits per heavy atom. The second kappa shape index (κ2) is 8.94. The molecule has 7 heteroatoms. The van der Waals surface area contributed by atoms with Crippen molar-refractivity contribution in [1.82, 2.24) is 4.98 Å². The van der Waals surface area contributed by atoms with E-state index in [0.717, 1.165) is 11.1 Å². The van der Waals surface area contributed by atoms with Gasteiger partial charge in [-0.05, 0) is 52.9 Å². The van der Waals surface area contributed by atoms with Crippen molar-refractivity contribution in [2.45, 2.75) is 26.1 Å². The number of ether oxygens (including phenoxy) is 2. The van der Waals surface area contributed by atoms with Crippen LogP contribution in [0.1, 0.15) is 27.8 Å². The Morgan fingerprint density at radius 3 is 2.77 bits per heavy atom. The van der Waals surface area contributed by atoms with Crippen molar-refractivity contribution in [1.29, 1.82) is 5.26 Å². The van der Waals surface area contributed by atoms with Crippen molar-refractivity contribution in [3.63, 3.8) is 0 Å². The summed E-state index contributed by atoms with van der Waals surface area (Å²) >= 11 is 0. The van der Waals surface area contributed by atoms with Gasteiger partial charge in [0.05, 0.1) is 31.3 Å². The molecule has 6 nitrogen and oxygen atoms in total. The second-order valence-corrected chi connectivity index (χ2v) is 7.22. The van der Waals surface area contributed by atoms with Gasteiger partial charge in [0.1, 0.15) is 18.1 Å². The first-order valence-electron chi connectivity index (χ1n) is 9.76. The molecule has 0 aliphatic carbocycles. The molecule has 0 saturated carbocycles. The second-order valence-electron chi connectivity index (χ2n) is 7.22. The van der Waals surface area contributed by atoms with Crippen molar-refractivity contribution < 1.29 is 23.8 Å². The minimum atomic E-state index is -0.957. The highest BCUT2D eigenvalue weighted by atomic mass is 19.1. The molecule has 3 aromatic rings. The van der Waals surface area contributed by atoms with Gasteiger partial charge in [-0.15, -0.1) is 0 Å². The Bertz CT molecular complexity index is 1190. The van der Waals surface area contributed by atoms with E-state index in [-0.39, 0.29) is 31.2 Å². The summed E-state index contributed by atoms with van der Waals surface area (Å²) in [7, 11) is 0. The highest BCUT2D eigenvalue weighted by Gasteiger charge is 2.15. The highest BCUT2D eigenvalue weighted by Crippen LogP contribution is 2.27. The van der Waals surface area contributed by atoms with Crippen molar-refractivity contribution in [2.75, 3.05) is 6.61 Å². The van der Waals surface area contributed by atoms with Crippen LogP contribution in [-0.2, 0) is 35.6 Å². The van der Waals surface area contributed by atoms with Gasteiger partial charge in [-0.2, -0.15) is 5.26 Å². The van der Waals surface area contributed by atoms with Gasteiger partial charge in [0.2, 0.25) is 5.88 Å². The third kappa shape index (κ3) is 4.71. The van der Waals surface area contributed by atoms with Crippen LogP contribution in [0.25, 0.3) is 11.3 Å². The number of carbonyl (C=O) groups is 1. The maximum absolute atomic E-state index is 14.5. The number of carboxylic acid groups (broad SMARTS) is 1. The van der Waals surface area contributed by atoms with Crippen LogP contribution in [0.15, 0.2) is 48.5 Å². The normalized spacial score (nSPS) is 13.3. The fourth-order valence-electron chi connectivity index (χ4n) is 3.53. The molecular weight excluding hydrogens is 399 g/mol. The Hall–Kier alpha value is -3.76. The third-order valence-corrected chi connectivity index (χ3v) is 5.13. The summed E-state index contributed by atoms with van der Waals surface area (Å²) in [6.07, 6.45) is 0.399. The number of rotatable bonds is 2. The molecule has 0 saturated heterocycles. The van der Waals surface area contributed by atoms with E-state index in [9.17, 15) is 19.6 Å². The van der Waals surface area contributed by atoms with Crippen LogP contribution >= 0.6 is 0 Å². The Balaban J connectivity index is 1.76. The highest BCUT2D eigenvalue weighted by molar-refractivity contribution is 5.72. The van der Waals surface area contributed by atoms with Gasteiger partial charge in [0.25, 0.3) is 0 Å². The zero-order valence-electron chi connectivity index (χ0n) is 16.6. The van der Waals surface area contributed by atoms with E-state index in [1.807, 2.05) is 6.07 Å². The summed E-state index contributed by atoms with van der Waals surface area (Å²) in [6, 6.07) is 15.3. The molecule has 1 aliphatic heterocycles. The van der Waals surface area contributed by atoms with Crippen LogP contribution in [0.4, 0.5) is 4.39 Å². The van der Waals surface area contributed by atoms with Gasteiger partial charge < -0.3 is 14.6 Å². The standard InChI is InChI=1S/C24H19FN2O4/c25-21-5-6-22-27-24(21)18-4-3-16(11-23(28)29)20(10-18)13-30-8-7-17-9-15(12-26)1-2-19(17)14-31-22/h1-6,9-10H,7-8,11,13-14H2,(H,28,29). The summed E-state index contributed by atoms with van der Waals surface area (Å²) < 4.78 is 26.2. The molecule has 0 atom stereocenters. The lowest BCUT2D eigenvalue weighted by molar-refractivity contribution is -0.136. The van der Waals surface area contributed by atoms with Gasteiger partial charge in [-0.1, -0.05) is 18.2 Å². The van der Waals surface area contributed by atoms with Crippen LogP contribution in [0.2, 0.25) is 0 Å². The molecule has 4 bridgehead atoms. The first-order valence-corrected chi connectivity index (χ1v) is 9.76. The zero-order chi connectivity index (χ0) is 21.8. The molecule has 1 aromatic heterocycles. The number of aromatic nitrogens is 1. The lowest BCUT2D eigenvalue weighted by Crippen LogP contribution is -2.09. The molecular formula is C24H19FN2O4. The van der Waals surface area contributed by atoms with Crippen molar-refractivity contribution in [2.24, 2.45) is 0 Å². The van der Waals surface area contributed by atoms with E-state index < -0.39 is 11.8 Å². The van der Waals surface area contributed by atoms with Crippen LogP contribution < -0.4 is 4.74 Å².